The van der Waals surface area contributed by atoms with E-state index in [2.05, 4.69) is 5.32 Å². The summed E-state index contributed by atoms with van der Waals surface area (Å²) in [6.07, 6.45) is 1.89. The topological polar surface area (TPSA) is 55.1 Å². The number of halogens is 2. The van der Waals surface area contributed by atoms with Crippen LogP contribution in [0.1, 0.15) is 34.8 Å². The van der Waals surface area contributed by atoms with Gasteiger partial charge in [-0.3, -0.25) is 4.79 Å². The molecule has 2 aromatic rings. The summed E-state index contributed by atoms with van der Waals surface area (Å²) >= 11 is 17.8. The number of hydrogen-bond acceptors (Lipinski definition) is 3. The van der Waals surface area contributed by atoms with Gasteiger partial charge in [-0.15, -0.1) is 0 Å². The van der Waals surface area contributed by atoms with Crippen LogP contribution < -0.4 is 11.1 Å². The Hall–Kier alpha value is -1.62. The fraction of sp³-hybridized carbons (Fsp3) is 0.222. The molecular formula is C18H16Cl2N2OS. The number of Topliss-reactive ketones (excluding diaryl/α,β-unsaturated/α-hetero) is 1. The molecule has 0 spiro atoms. The third-order valence-corrected chi connectivity index (χ3v) is 4.91. The molecule has 0 aromatic heterocycles. The van der Waals surface area contributed by atoms with Crippen molar-refractivity contribution in [3.63, 3.8) is 0 Å². The maximum atomic E-state index is 12.5. The molecule has 6 heteroatoms. The lowest BCUT2D eigenvalue weighted by atomic mass is 10.0. The number of hydrogen-bond donors (Lipinski definition) is 2. The van der Waals surface area contributed by atoms with Crippen molar-refractivity contribution in [2.45, 2.75) is 18.9 Å². The quantitative estimate of drug-likeness (QED) is 0.546. The first kappa shape index (κ1) is 17.2. The number of rotatable bonds is 6. The first-order valence-corrected chi connectivity index (χ1v) is 8.78. The summed E-state index contributed by atoms with van der Waals surface area (Å²) in [7, 11) is 0. The second-order valence-electron chi connectivity index (χ2n) is 5.80. The minimum Gasteiger partial charge on any atom is -0.391 e. The molecule has 0 bridgehead atoms. The van der Waals surface area contributed by atoms with Crippen LogP contribution >= 0.6 is 35.4 Å². The molecule has 1 aliphatic rings. The SMILES string of the molecule is NC(=S)C(Nc1ccccc1C(=O)C1CC1)c1c(Cl)cccc1Cl. The van der Waals surface area contributed by atoms with Crippen LogP contribution in [0, 0.1) is 5.92 Å². The van der Waals surface area contributed by atoms with Crippen LogP contribution in [-0.2, 0) is 0 Å². The van der Waals surface area contributed by atoms with Crippen molar-refractivity contribution in [3.05, 3.63) is 63.6 Å². The zero-order valence-electron chi connectivity index (χ0n) is 12.8. The summed E-state index contributed by atoms with van der Waals surface area (Å²) in [5.41, 5.74) is 7.86. The third kappa shape index (κ3) is 3.56. The summed E-state index contributed by atoms with van der Waals surface area (Å²) in [5, 5.41) is 4.19. The van der Waals surface area contributed by atoms with E-state index in [4.69, 9.17) is 41.2 Å². The van der Waals surface area contributed by atoms with Crippen molar-refractivity contribution in [2.24, 2.45) is 11.7 Å². The van der Waals surface area contributed by atoms with E-state index in [0.29, 0.717) is 26.9 Å². The van der Waals surface area contributed by atoms with E-state index in [1.807, 2.05) is 24.3 Å². The molecule has 0 amide bonds. The molecule has 3 nitrogen and oxygen atoms in total. The van der Waals surface area contributed by atoms with Crippen LogP contribution in [0.2, 0.25) is 10.0 Å². The molecule has 24 heavy (non-hydrogen) atoms. The van der Waals surface area contributed by atoms with E-state index in [9.17, 15) is 4.79 Å². The highest BCUT2D eigenvalue weighted by molar-refractivity contribution is 7.80. The Kier molecular flexibility index (Phi) is 5.09. The summed E-state index contributed by atoms with van der Waals surface area (Å²) < 4.78 is 0. The van der Waals surface area contributed by atoms with Gasteiger partial charge >= 0.3 is 0 Å². The third-order valence-electron chi connectivity index (χ3n) is 4.01. The van der Waals surface area contributed by atoms with Gasteiger partial charge in [-0.05, 0) is 37.1 Å². The number of nitrogens with one attached hydrogen (secondary N) is 1. The molecule has 0 saturated heterocycles. The normalized spacial score (nSPS) is 14.9. The predicted octanol–water partition coefficient (Wildman–Crippen LogP) is 5.03. The number of anilines is 1. The second-order valence-corrected chi connectivity index (χ2v) is 7.08. The fourth-order valence-corrected chi connectivity index (χ4v) is 3.41. The summed E-state index contributed by atoms with van der Waals surface area (Å²) in [6, 6.07) is 12.0. The molecule has 3 N–H and O–H groups in total. The maximum Gasteiger partial charge on any atom is 0.168 e. The molecule has 1 aliphatic carbocycles. The monoisotopic (exact) mass is 378 g/mol. The van der Waals surface area contributed by atoms with Crippen LogP contribution in [0.25, 0.3) is 0 Å². The van der Waals surface area contributed by atoms with E-state index in [1.165, 1.54) is 0 Å². The van der Waals surface area contributed by atoms with Gasteiger partial charge in [0.25, 0.3) is 0 Å². The average molecular weight is 379 g/mol. The highest BCUT2D eigenvalue weighted by Gasteiger charge is 2.32. The highest BCUT2D eigenvalue weighted by atomic mass is 35.5. The molecule has 0 radical (unpaired) electrons. The molecule has 2 aromatic carbocycles. The highest BCUT2D eigenvalue weighted by Crippen LogP contribution is 2.37. The lowest BCUT2D eigenvalue weighted by Gasteiger charge is -2.23. The number of carbonyl (C=O) groups excluding carboxylic acids is 1. The summed E-state index contributed by atoms with van der Waals surface area (Å²) in [6.45, 7) is 0. The molecular weight excluding hydrogens is 363 g/mol. The number of benzene rings is 2. The Morgan fingerprint density at radius 1 is 1.12 bits per heavy atom. The van der Waals surface area contributed by atoms with E-state index < -0.39 is 6.04 Å². The molecule has 1 saturated carbocycles. The Bertz CT molecular complexity index is 785. The van der Waals surface area contributed by atoms with Gasteiger partial charge in [0.05, 0.1) is 0 Å². The van der Waals surface area contributed by atoms with E-state index in [-0.39, 0.29) is 16.7 Å². The summed E-state index contributed by atoms with van der Waals surface area (Å²) in [5.74, 6) is 0.269. The van der Waals surface area contributed by atoms with Crippen LogP contribution in [-0.4, -0.2) is 10.8 Å². The smallest absolute Gasteiger partial charge is 0.168 e. The van der Waals surface area contributed by atoms with Gasteiger partial charge in [-0.1, -0.05) is 53.6 Å². The van der Waals surface area contributed by atoms with Crippen molar-refractivity contribution in [3.8, 4) is 0 Å². The first-order valence-electron chi connectivity index (χ1n) is 7.62. The lowest BCUT2D eigenvalue weighted by molar-refractivity contribution is 0.0968. The van der Waals surface area contributed by atoms with Crippen molar-refractivity contribution >= 4 is 51.9 Å². The first-order chi connectivity index (χ1) is 11.5. The molecule has 0 heterocycles. The fourth-order valence-electron chi connectivity index (χ4n) is 2.62. The molecule has 124 valence electrons. The van der Waals surface area contributed by atoms with Crippen LogP contribution in [0.15, 0.2) is 42.5 Å². The molecule has 1 fully saturated rings. The Labute approximate surface area is 156 Å². The number of nitrogens with two attached hydrogens (primary N) is 1. The molecule has 1 unspecified atom stereocenters. The Morgan fingerprint density at radius 2 is 1.75 bits per heavy atom. The maximum absolute atomic E-state index is 12.5. The van der Waals surface area contributed by atoms with E-state index >= 15 is 0 Å². The average Bonchev–Trinajstić information content (AvgIpc) is 3.38. The zero-order chi connectivity index (χ0) is 17.3. The molecule has 3 rings (SSSR count). The standard InChI is InChI=1S/C18H16Cl2N2OS/c19-12-5-3-6-13(20)15(12)16(18(21)24)22-14-7-2-1-4-11(14)17(23)10-8-9-10/h1-7,10,16,22H,8-9H2,(H2,21,24). The van der Waals surface area contributed by atoms with Gasteiger partial charge in [0.15, 0.2) is 5.78 Å². The molecule has 0 aliphatic heterocycles. The Morgan fingerprint density at radius 3 is 2.33 bits per heavy atom. The van der Waals surface area contributed by atoms with Crippen molar-refractivity contribution in [2.75, 3.05) is 5.32 Å². The van der Waals surface area contributed by atoms with Gasteiger partial charge in [-0.2, -0.15) is 0 Å². The summed E-state index contributed by atoms with van der Waals surface area (Å²) in [4.78, 5) is 12.7. The van der Waals surface area contributed by atoms with Gasteiger partial charge in [0.2, 0.25) is 0 Å². The second kappa shape index (κ2) is 7.09. The van der Waals surface area contributed by atoms with Crippen LogP contribution in [0.5, 0.6) is 0 Å². The van der Waals surface area contributed by atoms with Crippen LogP contribution in [0.3, 0.4) is 0 Å². The predicted molar refractivity (Wildman–Crippen MR) is 103 cm³/mol. The van der Waals surface area contributed by atoms with E-state index in [0.717, 1.165) is 12.8 Å². The number of para-hydroxylation sites is 1. The largest absolute Gasteiger partial charge is 0.391 e. The Balaban J connectivity index is 1.98. The van der Waals surface area contributed by atoms with Gasteiger partial charge in [0, 0.05) is 32.8 Å². The number of ketones is 1. The van der Waals surface area contributed by atoms with Gasteiger partial charge < -0.3 is 11.1 Å². The lowest BCUT2D eigenvalue weighted by Crippen LogP contribution is -2.27. The minimum absolute atomic E-state index is 0.125. The number of thiocarbonyl (C=S) groups is 1. The van der Waals surface area contributed by atoms with Crippen LogP contribution in [0.4, 0.5) is 5.69 Å². The minimum atomic E-state index is -0.561. The van der Waals surface area contributed by atoms with Crippen molar-refractivity contribution < 1.29 is 4.79 Å². The zero-order valence-corrected chi connectivity index (χ0v) is 15.1. The van der Waals surface area contributed by atoms with E-state index in [1.54, 1.807) is 18.2 Å². The van der Waals surface area contributed by atoms with Gasteiger partial charge in [-0.25, -0.2) is 0 Å². The van der Waals surface area contributed by atoms with Crippen molar-refractivity contribution in [1.82, 2.24) is 0 Å². The number of carbonyl (C=O) groups is 1. The van der Waals surface area contributed by atoms with Crippen molar-refractivity contribution in [1.29, 1.82) is 0 Å². The molecule has 1 atom stereocenters. The van der Waals surface area contributed by atoms with Gasteiger partial charge in [0.1, 0.15) is 11.0 Å².